The number of fused-ring (bicyclic) bond motifs is 4. The van der Waals surface area contributed by atoms with Gasteiger partial charge in [-0.1, -0.05) is 6.07 Å². The fourth-order valence-electron chi connectivity index (χ4n) is 5.12. The molecule has 0 amide bonds. The predicted molar refractivity (Wildman–Crippen MR) is 126 cm³/mol. The Balaban J connectivity index is 1.52. The molecule has 186 valence electrons. The summed E-state index contributed by atoms with van der Waals surface area (Å²) in [5.74, 6) is -3.51. The van der Waals surface area contributed by atoms with Crippen LogP contribution >= 0.6 is 0 Å². The number of halogens is 4. The molecule has 2 aromatic carbocycles. The fourth-order valence-corrected chi connectivity index (χ4v) is 5.12. The standard InChI is InChI=1S/C26H22F4N4O2/c27-20-12-16(34-8-5-25(29,30)6-9-34)11-19-23(20)36-21-4-3-15(17-2-1-7-32-24(17)28)10-18(21)26(19)14-35-13-22(31)33-26/h1-4,7,10-12H,5-6,8-9,13-14H2,(H2,31,33). The molecule has 3 aliphatic rings. The molecule has 3 aromatic rings. The zero-order valence-corrected chi connectivity index (χ0v) is 19.1. The molecule has 6 nitrogen and oxygen atoms in total. The summed E-state index contributed by atoms with van der Waals surface area (Å²) in [5.41, 5.74) is 6.99. The van der Waals surface area contributed by atoms with Crippen molar-refractivity contribution in [1.29, 1.82) is 0 Å². The third-order valence-corrected chi connectivity index (χ3v) is 6.94. The fraction of sp³-hybridized carbons (Fsp3) is 0.308. The van der Waals surface area contributed by atoms with Gasteiger partial charge in [0.1, 0.15) is 23.7 Å². The van der Waals surface area contributed by atoms with Gasteiger partial charge < -0.3 is 20.1 Å². The maximum Gasteiger partial charge on any atom is 0.251 e. The highest BCUT2D eigenvalue weighted by molar-refractivity contribution is 5.84. The topological polar surface area (TPSA) is 73.0 Å². The van der Waals surface area contributed by atoms with Gasteiger partial charge in [0.25, 0.3) is 5.92 Å². The van der Waals surface area contributed by atoms with Crippen molar-refractivity contribution in [3.63, 3.8) is 0 Å². The van der Waals surface area contributed by atoms with Crippen molar-refractivity contribution >= 4 is 11.5 Å². The number of alkyl halides is 2. The number of nitrogens with zero attached hydrogens (tertiary/aromatic N) is 3. The smallest absolute Gasteiger partial charge is 0.251 e. The Morgan fingerprint density at radius 2 is 1.81 bits per heavy atom. The van der Waals surface area contributed by atoms with Gasteiger partial charge in [-0.25, -0.2) is 18.2 Å². The Labute approximate surface area is 204 Å². The largest absolute Gasteiger partial charge is 0.453 e. The van der Waals surface area contributed by atoms with Crippen LogP contribution in [-0.2, 0) is 10.3 Å². The van der Waals surface area contributed by atoms with E-state index < -0.39 is 23.2 Å². The Hall–Kier alpha value is -3.66. The van der Waals surface area contributed by atoms with Crippen LogP contribution in [0.3, 0.4) is 0 Å². The number of hydrogen-bond donors (Lipinski definition) is 1. The molecule has 2 N–H and O–H groups in total. The van der Waals surface area contributed by atoms with E-state index >= 15 is 4.39 Å². The van der Waals surface area contributed by atoms with E-state index in [1.54, 1.807) is 41.3 Å². The second-order valence-corrected chi connectivity index (χ2v) is 9.26. The number of aromatic nitrogens is 1. The lowest BCUT2D eigenvalue weighted by atomic mass is 9.79. The van der Waals surface area contributed by atoms with Crippen molar-refractivity contribution in [2.45, 2.75) is 24.3 Å². The molecule has 1 spiro atoms. The number of rotatable bonds is 2. The third-order valence-electron chi connectivity index (χ3n) is 6.94. The molecule has 0 radical (unpaired) electrons. The summed E-state index contributed by atoms with van der Waals surface area (Å²) in [6, 6.07) is 11.2. The van der Waals surface area contributed by atoms with Gasteiger partial charge in [0.05, 0.1) is 6.61 Å². The molecule has 1 fully saturated rings. The van der Waals surface area contributed by atoms with Crippen LogP contribution in [0.25, 0.3) is 11.1 Å². The minimum atomic E-state index is -2.74. The molecule has 0 aliphatic carbocycles. The average molecular weight is 498 g/mol. The average Bonchev–Trinajstić information content (AvgIpc) is 2.85. The van der Waals surface area contributed by atoms with Crippen molar-refractivity contribution < 1.29 is 27.0 Å². The van der Waals surface area contributed by atoms with Crippen LogP contribution in [0.5, 0.6) is 11.5 Å². The molecule has 1 aromatic heterocycles. The number of nitrogens with two attached hydrogens (primary N) is 1. The van der Waals surface area contributed by atoms with Gasteiger partial charge in [-0.2, -0.15) is 4.39 Å². The number of benzene rings is 2. The van der Waals surface area contributed by atoms with E-state index in [0.29, 0.717) is 28.1 Å². The van der Waals surface area contributed by atoms with Crippen LogP contribution in [0.2, 0.25) is 0 Å². The molecule has 1 saturated heterocycles. The first kappa shape index (κ1) is 22.8. The minimum absolute atomic E-state index is 0.0315. The minimum Gasteiger partial charge on any atom is -0.453 e. The van der Waals surface area contributed by atoms with Crippen molar-refractivity contribution in [1.82, 2.24) is 4.98 Å². The monoisotopic (exact) mass is 498 g/mol. The maximum absolute atomic E-state index is 15.5. The van der Waals surface area contributed by atoms with Gasteiger partial charge in [0.15, 0.2) is 11.6 Å². The van der Waals surface area contributed by atoms with Crippen molar-refractivity contribution in [2.24, 2.45) is 10.7 Å². The van der Waals surface area contributed by atoms with E-state index in [1.807, 2.05) is 0 Å². The highest BCUT2D eigenvalue weighted by atomic mass is 19.3. The highest BCUT2D eigenvalue weighted by Crippen LogP contribution is 2.53. The van der Waals surface area contributed by atoms with Crippen LogP contribution in [-0.4, -0.2) is 43.0 Å². The van der Waals surface area contributed by atoms with Crippen LogP contribution in [0.1, 0.15) is 24.0 Å². The molecule has 1 unspecified atom stereocenters. The van der Waals surface area contributed by atoms with Gasteiger partial charge in [-0.15, -0.1) is 0 Å². The summed E-state index contributed by atoms with van der Waals surface area (Å²) in [4.78, 5) is 10.2. The number of anilines is 1. The molecule has 4 heterocycles. The Morgan fingerprint density at radius 1 is 1.00 bits per heavy atom. The van der Waals surface area contributed by atoms with E-state index in [2.05, 4.69) is 4.98 Å². The quantitative estimate of drug-likeness (QED) is 0.398. The number of piperidine rings is 1. The lowest BCUT2D eigenvalue weighted by molar-refractivity contribution is -0.0220. The second kappa shape index (κ2) is 8.19. The summed E-state index contributed by atoms with van der Waals surface area (Å²) >= 11 is 0. The van der Waals surface area contributed by atoms with Crippen LogP contribution in [0.15, 0.2) is 53.7 Å². The first-order valence-corrected chi connectivity index (χ1v) is 11.6. The Bertz CT molecular complexity index is 1390. The predicted octanol–water partition coefficient (Wildman–Crippen LogP) is 5.00. The SMILES string of the molecule is NC1=NC2(COC1)c1cc(-c3cccnc3F)ccc1Oc1c(F)cc(N3CCC(F)(F)CC3)cc12. The van der Waals surface area contributed by atoms with Crippen molar-refractivity contribution in [3.8, 4) is 22.6 Å². The van der Waals surface area contributed by atoms with Crippen molar-refractivity contribution in [3.05, 3.63) is 71.6 Å². The zero-order chi connectivity index (χ0) is 25.1. The van der Waals surface area contributed by atoms with Crippen molar-refractivity contribution in [2.75, 3.05) is 31.2 Å². The molecule has 10 heteroatoms. The summed E-state index contributed by atoms with van der Waals surface area (Å²) < 4.78 is 69.2. The highest BCUT2D eigenvalue weighted by Gasteiger charge is 2.46. The molecule has 0 bridgehead atoms. The first-order valence-electron chi connectivity index (χ1n) is 11.6. The van der Waals surface area contributed by atoms with Crippen LogP contribution in [0.4, 0.5) is 23.2 Å². The lowest BCUT2D eigenvalue weighted by Gasteiger charge is -2.41. The number of hydrogen-bond acceptors (Lipinski definition) is 6. The lowest BCUT2D eigenvalue weighted by Crippen LogP contribution is -2.43. The number of pyridine rings is 1. The molecular weight excluding hydrogens is 476 g/mol. The molecule has 36 heavy (non-hydrogen) atoms. The van der Waals surface area contributed by atoms with E-state index in [-0.39, 0.29) is 56.3 Å². The van der Waals surface area contributed by atoms with E-state index in [4.69, 9.17) is 20.2 Å². The number of ether oxygens (including phenoxy) is 2. The van der Waals surface area contributed by atoms with Gasteiger partial charge in [-0.3, -0.25) is 4.99 Å². The number of amidine groups is 1. The van der Waals surface area contributed by atoms with Gasteiger partial charge >= 0.3 is 0 Å². The molecule has 0 saturated carbocycles. The molecule has 1 atom stereocenters. The summed E-state index contributed by atoms with van der Waals surface area (Å²) in [5, 5.41) is 0. The first-order chi connectivity index (χ1) is 17.3. The van der Waals surface area contributed by atoms with E-state index in [0.717, 1.165) is 0 Å². The molecular formula is C26H22F4N4O2. The zero-order valence-electron chi connectivity index (χ0n) is 19.1. The molecule has 3 aliphatic heterocycles. The Kier molecular flexibility index (Phi) is 5.18. The summed E-state index contributed by atoms with van der Waals surface area (Å²) in [6.45, 7) is 0.314. The van der Waals surface area contributed by atoms with Gasteiger partial charge in [-0.05, 0) is 35.9 Å². The molecule has 6 rings (SSSR count). The van der Waals surface area contributed by atoms with Gasteiger partial charge in [0.2, 0.25) is 5.95 Å². The normalized spacial score (nSPS) is 22.4. The number of aliphatic imine (C=N–C) groups is 1. The summed E-state index contributed by atoms with van der Waals surface area (Å²) in [7, 11) is 0. The van der Waals surface area contributed by atoms with Crippen LogP contribution < -0.4 is 15.4 Å². The van der Waals surface area contributed by atoms with Crippen LogP contribution in [0, 0.1) is 11.8 Å². The van der Waals surface area contributed by atoms with Gasteiger partial charge in [0, 0.05) is 60.6 Å². The maximum atomic E-state index is 15.5. The Morgan fingerprint density at radius 3 is 2.56 bits per heavy atom. The van der Waals surface area contributed by atoms with E-state index in [1.165, 1.54) is 12.3 Å². The second-order valence-electron chi connectivity index (χ2n) is 9.26. The van der Waals surface area contributed by atoms with E-state index in [9.17, 15) is 13.2 Å². The summed E-state index contributed by atoms with van der Waals surface area (Å²) in [6.07, 6.45) is 0.730. The third kappa shape index (κ3) is 3.67.